The third-order valence-electron chi connectivity index (χ3n) is 4.40. The number of benzene rings is 1. The zero-order valence-corrected chi connectivity index (χ0v) is 10.2. The average molecular weight is 231 g/mol. The van der Waals surface area contributed by atoms with Gasteiger partial charge in [0.15, 0.2) is 0 Å². The molecule has 0 unspecified atom stereocenters. The van der Waals surface area contributed by atoms with E-state index in [9.17, 15) is 5.11 Å². The molecule has 2 aliphatic rings. The molecule has 2 heteroatoms. The van der Waals surface area contributed by atoms with E-state index in [2.05, 4.69) is 17.4 Å². The SMILES string of the molecule is O[C@@](c1ccccc1)(C1CCNCC1)C1CC1. The molecule has 0 radical (unpaired) electrons. The van der Waals surface area contributed by atoms with Gasteiger partial charge in [0.2, 0.25) is 0 Å². The summed E-state index contributed by atoms with van der Waals surface area (Å²) in [6.07, 6.45) is 4.58. The fraction of sp³-hybridized carbons (Fsp3) is 0.600. The zero-order valence-electron chi connectivity index (χ0n) is 10.2. The van der Waals surface area contributed by atoms with E-state index < -0.39 is 5.60 Å². The first-order valence-corrected chi connectivity index (χ1v) is 6.80. The van der Waals surface area contributed by atoms with E-state index in [0.717, 1.165) is 31.5 Å². The van der Waals surface area contributed by atoms with E-state index in [0.29, 0.717) is 11.8 Å². The van der Waals surface area contributed by atoms with Crippen LogP contribution in [0.2, 0.25) is 0 Å². The van der Waals surface area contributed by atoms with Crippen LogP contribution in [-0.4, -0.2) is 18.2 Å². The number of aliphatic hydroxyl groups is 1. The molecule has 92 valence electrons. The first-order chi connectivity index (χ1) is 8.32. The van der Waals surface area contributed by atoms with Crippen molar-refractivity contribution in [2.75, 3.05) is 13.1 Å². The molecule has 2 fully saturated rings. The summed E-state index contributed by atoms with van der Waals surface area (Å²) in [5, 5.41) is 14.6. The normalized spacial score (nSPS) is 25.5. The molecule has 2 nitrogen and oxygen atoms in total. The third-order valence-corrected chi connectivity index (χ3v) is 4.40. The first kappa shape index (κ1) is 11.2. The van der Waals surface area contributed by atoms with Gasteiger partial charge in [-0.2, -0.15) is 0 Å². The summed E-state index contributed by atoms with van der Waals surface area (Å²) >= 11 is 0. The van der Waals surface area contributed by atoms with Crippen LogP contribution in [0.5, 0.6) is 0 Å². The second kappa shape index (κ2) is 4.43. The Morgan fingerprint density at radius 1 is 0.941 bits per heavy atom. The lowest BCUT2D eigenvalue weighted by Gasteiger charge is -2.39. The van der Waals surface area contributed by atoms with Crippen molar-refractivity contribution in [2.24, 2.45) is 11.8 Å². The molecule has 1 aromatic rings. The van der Waals surface area contributed by atoms with Crippen molar-refractivity contribution in [1.82, 2.24) is 5.32 Å². The van der Waals surface area contributed by atoms with Crippen LogP contribution in [0.25, 0.3) is 0 Å². The van der Waals surface area contributed by atoms with E-state index in [1.165, 1.54) is 12.8 Å². The van der Waals surface area contributed by atoms with E-state index in [1.54, 1.807) is 0 Å². The predicted molar refractivity (Wildman–Crippen MR) is 68.7 cm³/mol. The zero-order chi connectivity index (χ0) is 11.7. The Balaban J connectivity index is 1.92. The van der Waals surface area contributed by atoms with Crippen LogP contribution in [0, 0.1) is 11.8 Å². The van der Waals surface area contributed by atoms with Gasteiger partial charge in [0, 0.05) is 0 Å². The van der Waals surface area contributed by atoms with Crippen LogP contribution in [0.3, 0.4) is 0 Å². The quantitative estimate of drug-likeness (QED) is 0.836. The predicted octanol–water partition coefficient (Wildman–Crippen LogP) is 2.28. The van der Waals surface area contributed by atoms with Crippen molar-refractivity contribution in [2.45, 2.75) is 31.3 Å². The van der Waals surface area contributed by atoms with E-state index in [-0.39, 0.29) is 0 Å². The highest BCUT2D eigenvalue weighted by Gasteiger charge is 2.50. The Labute approximate surface area is 103 Å². The molecule has 0 spiro atoms. The molecule has 17 heavy (non-hydrogen) atoms. The minimum Gasteiger partial charge on any atom is -0.385 e. The van der Waals surface area contributed by atoms with Crippen molar-refractivity contribution < 1.29 is 5.11 Å². The summed E-state index contributed by atoms with van der Waals surface area (Å²) in [7, 11) is 0. The van der Waals surface area contributed by atoms with Crippen LogP contribution in [0.4, 0.5) is 0 Å². The van der Waals surface area contributed by atoms with E-state index >= 15 is 0 Å². The van der Waals surface area contributed by atoms with Gasteiger partial charge in [0.1, 0.15) is 0 Å². The largest absolute Gasteiger partial charge is 0.385 e. The third kappa shape index (κ3) is 2.00. The monoisotopic (exact) mass is 231 g/mol. The molecule has 1 saturated heterocycles. The highest BCUT2D eigenvalue weighted by Crippen LogP contribution is 2.51. The van der Waals surface area contributed by atoms with Gasteiger partial charge >= 0.3 is 0 Å². The average Bonchev–Trinajstić information content (AvgIpc) is 3.24. The van der Waals surface area contributed by atoms with Gasteiger partial charge in [-0.25, -0.2) is 0 Å². The van der Waals surface area contributed by atoms with Crippen molar-refractivity contribution in [3.8, 4) is 0 Å². The molecule has 0 amide bonds. The Morgan fingerprint density at radius 2 is 1.53 bits per heavy atom. The van der Waals surface area contributed by atoms with Gasteiger partial charge in [0.25, 0.3) is 0 Å². The second-order valence-electron chi connectivity index (χ2n) is 5.49. The number of hydrogen-bond donors (Lipinski definition) is 2. The molecule has 3 rings (SSSR count). The molecule has 0 aromatic heterocycles. The fourth-order valence-electron chi connectivity index (χ4n) is 3.30. The molecule has 2 N–H and O–H groups in total. The molecule has 1 aliphatic heterocycles. The van der Waals surface area contributed by atoms with Gasteiger partial charge in [-0.05, 0) is 56.2 Å². The van der Waals surface area contributed by atoms with Crippen LogP contribution in [0.1, 0.15) is 31.2 Å². The minimum absolute atomic E-state index is 0.429. The van der Waals surface area contributed by atoms with Crippen LogP contribution in [0.15, 0.2) is 30.3 Å². The van der Waals surface area contributed by atoms with Crippen molar-refractivity contribution >= 4 is 0 Å². The standard InChI is InChI=1S/C15H21NO/c17-15(13-6-7-13,12-4-2-1-3-5-12)14-8-10-16-11-9-14/h1-5,13-14,16-17H,6-11H2/t15-/m1/s1. The summed E-state index contributed by atoms with van der Waals surface area (Å²) < 4.78 is 0. The molecular weight excluding hydrogens is 210 g/mol. The highest BCUT2D eigenvalue weighted by molar-refractivity contribution is 5.26. The Hall–Kier alpha value is -0.860. The highest BCUT2D eigenvalue weighted by atomic mass is 16.3. The molecule has 0 bridgehead atoms. The summed E-state index contributed by atoms with van der Waals surface area (Å²) in [5.74, 6) is 0.923. The van der Waals surface area contributed by atoms with E-state index in [1.807, 2.05) is 18.2 Å². The number of rotatable bonds is 3. The van der Waals surface area contributed by atoms with Crippen LogP contribution < -0.4 is 5.32 Å². The van der Waals surface area contributed by atoms with Crippen molar-refractivity contribution in [3.63, 3.8) is 0 Å². The number of nitrogens with one attached hydrogen (secondary N) is 1. The lowest BCUT2D eigenvalue weighted by Crippen LogP contribution is -2.43. The Kier molecular flexibility index (Phi) is 2.93. The van der Waals surface area contributed by atoms with Gasteiger partial charge < -0.3 is 10.4 Å². The first-order valence-electron chi connectivity index (χ1n) is 6.80. The maximum absolute atomic E-state index is 11.2. The smallest absolute Gasteiger partial charge is 0.0953 e. The van der Waals surface area contributed by atoms with Crippen LogP contribution in [-0.2, 0) is 5.60 Å². The molecule has 1 heterocycles. The topological polar surface area (TPSA) is 32.3 Å². The number of piperidine rings is 1. The van der Waals surface area contributed by atoms with Gasteiger partial charge in [0.05, 0.1) is 5.60 Å². The van der Waals surface area contributed by atoms with Crippen molar-refractivity contribution in [3.05, 3.63) is 35.9 Å². The van der Waals surface area contributed by atoms with Gasteiger partial charge in [-0.1, -0.05) is 30.3 Å². The van der Waals surface area contributed by atoms with Gasteiger partial charge in [-0.15, -0.1) is 0 Å². The summed E-state index contributed by atoms with van der Waals surface area (Å²) in [6, 6.07) is 10.3. The maximum atomic E-state index is 11.2. The lowest BCUT2D eigenvalue weighted by molar-refractivity contribution is -0.0563. The van der Waals surface area contributed by atoms with Gasteiger partial charge in [-0.3, -0.25) is 0 Å². The molecule has 1 atom stereocenters. The summed E-state index contributed by atoms with van der Waals surface area (Å²) in [6.45, 7) is 2.10. The number of hydrogen-bond acceptors (Lipinski definition) is 2. The maximum Gasteiger partial charge on any atom is 0.0953 e. The van der Waals surface area contributed by atoms with Crippen LogP contribution >= 0.6 is 0 Å². The lowest BCUT2D eigenvalue weighted by atomic mass is 9.73. The molecule has 1 aliphatic carbocycles. The van der Waals surface area contributed by atoms with E-state index in [4.69, 9.17) is 0 Å². The molecular formula is C15H21NO. The molecule has 1 saturated carbocycles. The minimum atomic E-state index is -0.566. The Bertz CT molecular complexity index is 368. The summed E-state index contributed by atoms with van der Waals surface area (Å²) in [4.78, 5) is 0. The van der Waals surface area contributed by atoms with Crippen molar-refractivity contribution in [1.29, 1.82) is 0 Å². The second-order valence-corrected chi connectivity index (χ2v) is 5.49. The fourth-order valence-corrected chi connectivity index (χ4v) is 3.30. The Morgan fingerprint density at radius 3 is 2.12 bits per heavy atom. The summed E-state index contributed by atoms with van der Waals surface area (Å²) in [5.41, 5.74) is 0.568. The molecule has 1 aromatic carbocycles.